The van der Waals surface area contributed by atoms with Crippen molar-refractivity contribution in [3.63, 3.8) is 0 Å². The molecule has 6 nitrogen and oxygen atoms in total. The van der Waals surface area contributed by atoms with Crippen molar-refractivity contribution in [1.29, 1.82) is 0 Å². The van der Waals surface area contributed by atoms with E-state index in [1.807, 2.05) is 6.07 Å². The highest BCUT2D eigenvalue weighted by atomic mass is 32.2. The third-order valence-corrected chi connectivity index (χ3v) is 5.23. The molecule has 1 fully saturated rings. The van der Waals surface area contributed by atoms with Gasteiger partial charge >= 0.3 is 0 Å². The Hall–Kier alpha value is -1.31. The number of primary sulfonamides is 1. The van der Waals surface area contributed by atoms with Crippen molar-refractivity contribution in [3.05, 3.63) is 17.7 Å². The molecule has 7 heteroatoms. The summed E-state index contributed by atoms with van der Waals surface area (Å²) in [5, 5.41) is 5.28. The Morgan fingerprint density at radius 2 is 1.81 bits per heavy atom. The summed E-state index contributed by atoms with van der Waals surface area (Å²) in [6.45, 7) is 3.56. The van der Waals surface area contributed by atoms with E-state index in [-0.39, 0.29) is 4.90 Å². The smallest absolute Gasteiger partial charge is 0.238 e. The molecule has 0 spiro atoms. The summed E-state index contributed by atoms with van der Waals surface area (Å²) in [5.41, 5.74) is 7.83. The van der Waals surface area contributed by atoms with Crippen LogP contribution in [0.1, 0.15) is 18.4 Å². The van der Waals surface area contributed by atoms with Gasteiger partial charge in [0.15, 0.2) is 0 Å². The first-order valence-corrected chi connectivity index (χ1v) is 8.59. The lowest BCUT2D eigenvalue weighted by Gasteiger charge is -2.37. The summed E-state index contributed by atoms with van der Waals surface area (Å²) >= 11 is 0. The summed E-state index contributed by atoms with van der Waals surface area (Å²) in [6, 6.07) is 3.83. The molecule has 0 aromatic heterocycles. The van der Waals surface area contributed by atoms with Crippen LogP contribution >= 0.6 is 0 Å². The molecule has 1 aliphatic heterocycles. The lowest BCUT2D eigenvalue weighted by Crippen LogP contribution is -2.42. The van der Waals surface area contributed by atoms with E-state index in [1.54, 1.807) is 6.92 Å². The zero-order valence-corrected chi connectivity index (χ0v) is 13.7. The Morgan fingerprint density at radius 1 is 1.24 bits per heavy atom. The summed E-state index contributed by atoms with van der Waals surface area (Å²) in [6.07, 6.45) is 2.10. The first-order valence-electron chi connectivity index (χ1n) is 7.04. The van der Waals surface area contributed by atoms with Gasteiger partial charge in [-0.3, -0.25) is 0 Å². The van der Waals surface area contributed by atoms with Crippen LogP contribution in [0.3, 0.4) is 0 Å². The van der Waals surface area contributed by atoms with Gasteiger partial charge in [-0.2, -0.15) is 0 Å². The number of sulfonamides is 1. The Morgan fingerprint density at radius 3 is 2.29 bits per heavy atom. The first-order chi connectivity index (χ1) is 9.70. The van der Waals surface area contributed by atoms with Crippen molar-refractivity contribution in [2.24, 2.45) is 5.14 Å². The van der Waals surface area contributed by atoms with Crippen molar-refractivity contribution in [3.8, 4) is 0 Å². The van der Waals surface area contributed by atoms with Crippen molar-refractivity contribution >= 4 is 21.4 Å². The van der Waals surface area contributed by atoms with Crippen LogP contribution in [0.25, 0.3) is 0 Å². The van der Waals surface area contributed by atoms with Crippen LogP contribution in [0.2, 0.25) is 0 Å². The fourth-order valence-corrected chi connectivity index (χ4v) is 3.77. The fraction of sp³-hybridized carbons (Fsp3) is 0.571. The molecule has 0 amide bonds. The van der Waals surface area contributed by atoms with Crippen LogP contribution < -0.4 is 15.8 Å². The predicted molar refractivity (Wildman–Crippen MR) is 85.9 cm³/mol. The summed E-state index contributed by atoms with van der Waals surface area (Å²) in [5.74, 6) is 0. The molecule has 0 bridgehead atoms. The zero-order valence-electron chi connectivity index (χ0n) is 12.8. The van der Waals surface area contributed by atoms with E-state index in [2.05, 4.69) is 23.9 Å². The molecule has 1 aromatic rings. The van der Waals surface area contributed by atoms with Crippen LogP contribution in [0.4, 0.5) is 11.4 Å². The zero-order chi connectivity index (χ0) is 15.8. The number of anilines is 2. The van der Waals surface area contributed by atoms with Crippen molar-refractivity contribution in [2.45, 2.75) is 30.7 Å². The van der Waals surface area contributed by atoms with Gasteiger partial charge in [0.1, 0.15) is 0 Å². The first kappa shape index (κ1) is 16.1. The number of hydrogen-bond acceptors (Lipinski definition) is 5. The Labute approximate surface area is 126 Å². The molecule has 21 heavy (non-hydrogen) atoms. The van der Waals surface area contributed by atoms with E-state index in [1.165, 1.54) is 6.07 Å². The molecule has 1 heterocycles. The van der Waals surface area contributed by atoms with E-state index in [0.717, 1.165) is 31.6 Å². The van der Waals surface area contributed by atoms with Gasteiger partial charge in [-0.25, -0.2) is 13.6 Å². The van der Waals surface area contributed by atoms with Crippen LogP contribution in [0.5, 0.6) is 0 Å². The van der Waals surface area contributed by atoms with Crippen LogP contribution in [-0.4, -0.2) is 46.5 Å². The lowest BCUT2D eigenvalue weighted by atomic mass is 10.0. The third-order valence-electron chi connectivity index (χ3n) is 4.20. The largest absolute Gasteiger partial charge is 0.399 e. The molecule has 0 atom stereocenters. The maximum Gasteiger partial charge on any atom is 0.238 e. The summed E-state index contributed by atoms with van der Waals surface area (Å²) < 4.78 is 23.4. The van der Waals surface area contributed by atoms with Gasteiger partial charge in [0.25, 0.3) is 0 Å². The quantitative estimate of drug-likeness (QED) is 0.804. The van der Waals surface area contributed by atoms with Gasteiger partial charge in [0.05, 0.1) is 4.90 Å². The molecule has 0 unspecified atom stereocenters. The molecule has 4 N–H and O–H groups in total. The molecular weight excluding hydrogens is 288 g/mol. The fourth-order valence-electron chi connectivity index (χ4n) is 2.94. The second kappa shape index (κ2) is 5.82. The number of nitrogen functional groups attached to an aromatic ring is 1. The summed E-state index contributed by atoms with van der Waals surface area (Å²) in [4.78, 5) is 4.55. The summed E-state index contributed by atoms with van der Waals surface area (Å²) in [7, 11) is 0.421. The normalized spacial score (nSPS) is 17.5. The van der Waals surface area contributed by atoms with E-state index < -0.39 is 10.0 Å². The number of piperidine rings is 1. The molecule has 0 radical (unpaired) electrons. The van der Waals surface area contributed by atoms with Gasteiger partial charge in [-0.05, 0) is 51.6 Å². The molecule has 2 rings (SSSR count). The van der Waals surface area contributed by atoms with Gasteiger partial charge in [-0.15, -0.1) is 0 Å². The second-order valence-corrected chi connectivity index (χ2v) is 7.42. The SMILES string of the molecule is Cc1c(N2CCC(N(C)C)CC2)cc(N)cc1S(N)(=O)=O. The molecule has 1 aliphatic rings. The van der Waals surface area contributed by atoms with Gasteiger partial charge in [0.2, 0.25) is 10.0 Å². The Bertz CT molecular complexity index is 620. The van der Waals surface area contributed by atoms with Gasteiger partial charge < -0.3 is 15.5 Å². The third kappa shape index (κ3) is 3.48. The lowest BCUT2D eigenvalue weighted by molar-refractivity contribution is 0.249. The molecular formula is C14H24N4O2S. The average molecular weight is 312 g/mol. The minimum Gasteiger partial charge on any atom is -0.399 e. The number of nitrogens with two attached hydrogens (primary N) is 2. The highest BCUT2D eigenvalue weighted by molar-refractivity contribution is 7.89. The minimum atomic E-state index is -3.76. The van der Waals surface area contributed by atoms with Crippen molar-refractivity contribution < 1.29 is 8.42 Å². The maximum absolute atomic E-state index is 11.7. The number of nitrogens with zero attached hydrogens (tertiary/aromatic N) is 2. The monoisotopic (exact) mass is 312 g/mol. The second-order valence-electron chi connectivity index (χ2n) is 5.89. The minimum absolute atomic E-state index is 0.118. The Balaban J connectivity index is 2.32. The average Bonchev–Trinajstić information content (AvgIpc) is 2.40. The highest BCUT2D eigenvalue weighted by Gasteiger charge is 2.24. The molecule has 0 aliphatic carbocycles. The van der Waals surface area contributed by atoms with E-state index in [0.29, 0.717) is 17.3 Å². The number of rotatable bonds is 3. The standard InChI is InChI=1S/C14H24N4O2S/c1-10-13(8-11(15)9-14(10)21(16,19)20)18-6-4-12(5-7-18)17(2)3/h8-9,12H,4-7,15H2,1-3H3,(H2,16,19,20). The number of hydrogen-bond donors (Lipinski definition) is 2. The van der Waals surface area contributed by atoms with Crippen LogP contribution in [0, 0.1) is 6.92 Å². The maximum atomic E-state index is 11.7. The predicted octanol–water partition coefficient (Wildman–Crippen LogP) is 0.755. The van der Waals surface area contributed by atoms with E-state index in [4.69, 9.17) is 10.9 Å². The molecule has 0 saturated carbocycles. The van der Waals surface area contributed by atoms with E-state index in [9.17, 15) is 8.42 Å². The number of benzene rings is 1. The van der Waals surface area contributed by atoms with Crippen molar-refractivity contribution in [1.82, 2.24) is 4.90 Å². The van der Waals surface area contributed by atoms with E-state index >= 15 is 0 Å². The van der Waals surface area contributed by atoms with Crippen LogP contribution in [0.15, 0.2) is 17.0 Å². The van der Waals surface area contributed by atoms with Gasteiger partial charge in [0, 0.05) is 30.5 Å². The van der Waals surface area contributed by atoms with Gasteiger partial charge in [-0.1, -0.05) is 0 Å². The molecule has 118 valence electrons. The molecule has 1 saturated heterocycles. The topological polar surface area (TPSA) is 92.7 Å². The van der Waals surface area contributed by atoms with Crippen molar-refractivity contribution in [2.75, 3.05) is 37.8 Å². The van der Waals surface area contributed by atoms with Crippen LogP contribution in [-0.2, 0) is 10.0 Å². The highest BCUT2D eigenvalue weighted by Crippen LogP contribution is 2.31. The molecule has 1 aromatic carbocycles. The Kier molecular flexibility index (Phi) is 4.46.